The van der Waals surface area contributed by atoms with Gasteiger partial charge in [-0.1, -0.05) is 32.0 Å². The number of H-pyrrole nitrogens is 1. The van der Waals surface area contributed by atoms with Crippen LogP contribution in [0, 0.1) is 0 Å². The molecule has 0 aliphatic carbocycles. The summed E-state index contributed by atoms with van der Waals surface area (Å²) < 4.78 is 5.23. The molecule has 20 heavy (non-hydrogen) atoms. The lowest BCUT2D eigenvalue weighted by molar-refractivity contribution is 0.398. The van der Waals surface area contributed by atoms with Crippen molar-refractivity contribution < 1.29 is 4.74 Å². The van der Waals surface area contributed by atoms with Crippen LogP contribution in [0.2, 0.25) is 0 Å². The maximum atomic E-state index is 5.23. The van der Waals surface area contributed by atoms with Crippen molar-refractivity contribution in [1.29, 1.82) is 0 Å². The molecule has 0 aliphatic heterocycles. The Bertz CT molecular complexity index is 744. The SMILES string of the molecule is COc1cc(-c2[nH]c3ccccc3c2C(C)C)ccn1. The molecule has 0 spiro atoms. The van der Waals surface area contributed by atoms with Crippen LogP contribution in [-0.2, 0) is 0 Å². The van der Waals surface area contributed by atoms with E-state index in [0.29, 0.717) is 11.8 Å². The molecule has 0 bridgehead atoms. The van der Waals surface area contributed by atoms with Crippen molar-refractivity contribution in [3.63, 3.8) is 0 Å². The van der Waals surface area contributed by atoms with E-state index in [9.17, 15) is 0 Å². The summed E-state index contributed by atoms with van der Waals surface area (Å²) in [5, 5.41) is 1.29. The summed E-state index contributed by atoms with van der Waals surface area (Å²) in [5.41, 5.74) is 4.77. The number of hydrogen-bond acceptors (Lipinski definition) is 2. The molecule has 0 amide bonds. The molecule has 0 saturated carbocycles. The highest BCUT2D eigenvalue weighted by Gasteiger charge is 2.16. The predicted molar refractivity (Wildman–Crippen MR) is 82.2 cm³/mol. The minimum Gasteiger partial charge on any atom is -0.481 e. The highest BCUT2D eigenvalue weighted by Crippen LogP contribution is 2.35. The lowest BCUT2D eigenvalue weighted by atomic mass is 9.96. The average molecular weight is 266 g/mol. The van der Waals surface area contributed by atoms with Crippen LogP contribution in [0.15, 0.2) is 42.6 Å². The van der Waals surface area contributed by atoms with Crippen LogP contribution in [0.3, 0.4) is 0 Å². The average Bonchev–Trinajstić information content (AvgIpc) is 2.87. The van der Waals surface area contributed by atoms with Crippen molar-refractivity contribution in [3.8, 4) is 17.1 Å². The van der Waals surface area contributed by atoms with Crippen molar-refractivity contribution in [2.75, 3.05) is 7.11 Å². The zero-order valence-electron chi connectivity index (χ0n) is 12.0. The van der Waals surface area contributed by atoms with E-state index in [1.165, 1.54) is 16.5 Å². The number of nitrogens with one attached hydrogen (secondary N) is 1. The van der Waals surface area contributed by atoms with Crippen LogP contribution in [0.4, 0.5) is 0 Å². The Balaban J connectivity index is 2.26. The van der Waals surface area contributed by atoms with Gasteiger partial charge in [0.25, 0.3) is 0 Å². The van der Waals surface area contributed by atoms with Crippen molar-refractivity contribution in [2.45, 2.75) is 19.8 Å². The lowest BCUT2D eigenvalue weighted by Crippen LogP contribution is -1.92. The van der Waals surface area contributed by atoms with Crippen LogP contribution in [0.25, 0.3) is 22.2 Å². The first-order chi connectivity index (χ1) is 9.70. The summed E-state index contributed by atoms with van der Waals surface area (Å²) in [6.07, 6.45) is 1.78. The second kappa shape index (κ2) is 5.00. The van der Waals surface area contributed by atoms with Gasteiger partial charge in [-0.05, 0) is 23.6 Å². The van der Waals surface area contributed by atoms with Crippen LogP contribution < -0.4 is 4.74 Å². The quantitative estimate of drug-likeness (QED) is 0.764. The third kappa shape index (κ3) is 2.05. The molecule has 102 valence electrons. The Morgan fingerprint density at radius 2 is 1.95 bits per heavy atom. The van der Waals surface area contributed by atoms with Gasteiger partial charge < -0.3 is 9.72 Å². The third-order valence-electron chi connectivity index (χ3n) is 3.56. The molecule has 3 heteroatoms. The molecule has 3 rings (SSSR count). The van der Waals surface area contributed by atoms with Gasteiger partial charge in [0, 0.05) is 28.7 Å². The normalized spacial score (nSPS) is 11.2. The summed E-state index contributed by atoms with van der Waals surface area (Å²) >= 11 is 0. The van der Waals surface area contributed by atoms with Crippen LogP contribution >= 0.6 is 0 Å². The molecule has 0 atom stereocenters. The largest absolute Gasteiger partial charge is 0.481 e. The number of ether oxygens (including phenoxy) is 1. The van der Waals surface area contributed by atoms with Crippen LogP contribution in [0.1, 0.15) is 25.3 Å². The molecule has 0 fully saturated rings. The van der Waals surface area contributed by atoms with Crippen molar-refractivity contribution in [3.05, 3.63) is 48.2 Å². The first kappa shape index (κ1) is 12.7. The van der Waals surface area contributed by atoms with Crippen molar-refractivity contribution >= 4 is 10.9 Å². The Hall–Kier alpha value is -2.29. The second-order valence-corrected chi connectivity index (χ2v) is 5.20. The second-order valence-electron chi connectivity index (χ2n) is 5.20. The van der Waals surface area contributed by atoms with Gasteiger partial charge in [-0.3, -0.25) is 0 Å². The molecule has 0 unspecified atom stereocenters. The maximum Gasteiger partial charge on any atom is 0.213 e. The Morgan fingerprint density at radius 3 is 2.70 bits per heavy atom. The van der Waals surface area contributed by atoms with Gasteiger partial charge >= 0.3 is 0 Å². The number of benzene rings is 1. The van der Waals surface area contributed by atoms with Gasteiger partial charge in [0.05, 0.1) is 12.8 Å². The summed E-state index contributed by atoms with van der Waals surface area (Å²) in [4.78, 5) is 7.71. The summed E-state index contributed by atoms with van der Waals surface area (Å²) in [5.74, 6) is 1.08. The van der Waals surface area contributed by atoms with E-state index in [0.717, 1.165) is 11.3 Å². The number of hydrogen-bond donors (Lipinski definition) is 1. The van der Waals surface area contributed by atoms with Gasteiger partial charge in [-0.2, -0.15) is 0 Å². The molecular formula is C17H18N2O. The topological polar surface area (TPSA) is 37.9 Å². The number of fused-ring (bicyclic) bond motifs is 1. The number of rotatable bonds is 3. The number of aromatic nitrogens is 2. The smallest absolute Gasteiger partial charge is 0.213 e. The first-order valence-corrected chi connectivity index (χ1v) is 6.81. The molecule has 2 heterocycles. The highest BCUT2D eigenvalue weighted by molar-refractivity contribution is 5.91. The molecule has 3 nitrogen and oxygen atoms in total. The van der Waals surface area contributed by atoms with Gasteiger partial charge in [-0.25, -0.2) is 4.98 Å². The Labute approximate surface area is 118 Å². The van der Waals surface area contributed by atoms with E-state index in [1.54, 1.807) is 13.3 Å². The zero-order chi connectivity index (χ0) is 14.1. The van der Waals surface area contributed by atoms with Gasteiger partial charge in [0.2, 0.25) is 5.88 Å². The van der Waals surface area contributed by atoms with Gasteiger partial charge in [-0.15, -0.1) is 0 Å². The fourth-order valence-electron chi connectivity index (χ4n) is 2.67. The van der Waals surface area contributed by atoms with E-state index in [-0.39, 0.29) is 0 Å². The summed E-state index contributed by atoms with van der Waals surface area (Å²) in [6.45, 7) is 4.44. The van der Waals surface area contributed by atoms with Gasteiger partial charge in [0.15, 0.2) is 0 Å². The van der Waals surface area contributed by atoms with E-state index in [1.807, 2.05) is 12.1 Å². The van der Waals surface area contributed by atoms with Crippen molar-refractivity contribution in [1.82, 2.24) is 9.97 Å². The maximum absolute atomic E-state index is 5.23. The molecule has 0 saturated heterocycles. The number of para-hydroxylation sites is 1. The lowest BCUT2D eigenvalue weighted by Gasteiger charge is -2.09. The summed E-state index contributed by atoms with van der Waals surface area (Å²) in [7, 11) is 1.64. The van der Waals surface area contributed by atoms with Gasteiger partial charge in [0.1, 0.15) is 0 Å². The standard InChI is InChI=1S/C17H18N2O/c1-11(2)16-13-6-4-5-7-14(13)19-17(16)12-8-9-18-15(10-12)20-3/h4-11,19H,1-3H3. The molecule has 0 radical (unpaired) electrons. The van der Waals surface area contributed by atoms with Crippen LogP contribution in [-0.4, -0.2) is 17.1 Å². The number of nitrogens with zero attached hydrogens (tertiary/aromatic N) is 1. The van der Waals surface area contributed by atoms with E-state index >= 15 is 0 Å². The number of methoxy groups -OCH3 is 1. The molecule has 3 aromatic rings. The zero-order valence-corrected chi connectivity index (χ0v) is 12.0. The molecular weight excluding hydrogens is 248 g/mol. The fraction of sp³-hybridized carbons (Fsp3) is 0.235. The Kier molecular flexibility index (Phi) is 3.18. The monoisotopic (exact) mass is 266 g/mol. The fourth-order valence-corrected chi connectivity index (χ4v) is 2.67. The molecule has 1 aromatic carbocycles. The van der Waals surface area contributed by atoms with E-state index in [2.05, 4.69) is 48.1 Å². The number of pyridine rings is 1. The van der Waals surface area contributed by atoms with Crippen LogP contribution in [0.5, 0.6) is 5.88 Å². The Morgan fingerprint density at radius 1 is 1.15 bits per heavy atom. The highest BCUT2D eigenvalue weighted by atomic mass is 16.5. The molecule has 2 aromatic heterocycles. The summed E-state index contributed by atoms with van der Waals surface area (Å²) in [6, 6.07) is 12.4. The minimum atomic E-state index is 0.445. The molecule has 1 N–H and O–H groups in total. The van der Waals surface area contributed by atoms with E-state index in [4.69, 9.17) is 4.74 Å². The predicted octanol–water partition coefficient (Wildman–Crippen LogP) is 4.36. The van der Waals surface area contributed by atoms with E-state index < -0.39 is 0 Å². The van der Waals surface area contributed by atoms with Crippen molar-refractivity contribution in [2.24, 2.45) is 0 Å². The third-order valence-corrected chi connectivity index (χ3v) is 3.56. The number of aromatic amines is 1. The minimum absolute atomic E-state index is 0.445. The molecule has 0 aliphatic rings. The first-order valence-electron chi connectivity index (χ1n) is 6.81.